The van der Waals surface area contributed by atoms with Gasteiger partial charge < -0.3 is 5.84 Å². The van der Waals surface area contributed by atoms with E-state index in [1.807, 2.05) is 24.3 Å². The molecule has 0 atom stereocenters. The molecule has 0 bridgehead atoms. The monoisotopic (exact) mass is 206 g/mol. The molecule has 2 N–H and O–H groups in total. The highest BCUT2D eigenvalue weighted by Gasteiger charge is 2.03. The molecule has 0 unspecified atom stereocenters. The predicted octanol–water partition coefficient (Wildman–Crippen LogP) is 1.58. The van der Waals surface area contributed by atoms with Gasteiger partial charge in [0.2, 0.25) is 0 Å². The van der Waals surface area contributed by atoms with E-state index in [9.17, 15) is 0 Å². The topological polar surface area (TPSA) is 64.2 Å². The van der Waals surface area contributed by atoms with Gasteiger partial charge in [-0.15, -0.1) is 0 Å². The largest absolute Gasteiger partial charge is 0.323 e. The molecule has 0 saturated carbocycles. The molecule has 14 heavy (non-hydrogen) atoms. The Hall–Kier alpha value is -1.68. The molecule has 5 heteroatoms. The summed E-state index contributed by atoms with van der Waals surface area (Å²) in [6.07, 6.45) is 1.38. The van der Waals surface area contributed by atoms with Crippen LogP contribution in [-0.2, 0) is 0 Å². The molecule has 0 spiro atoms. The molecule has 2 rings (SSSR count). The number of benzene rings is 1. The maximum Gasteiger partial charge on any atom is 0.157 e. The van der Waals surface area contributed by atoms with E-state index in [0.717, 1.165) is 11.0 Å². The third-order valence-electron chi connectivity index (χ3n) is 1.75. The Morgan fingerprint density at radius 2 is 1.86 bits per heavy atom. The van der Waals surface area contributed by atoms with Crippen molar-refractivity contribution in [2.24, 2.45) is 10.9 Å². The van der Waals surface area contributed by atoms with Crippen molar-refractivity contribution in [1.82, 2.24) is 9.97 Å². The van der Waals surface area contributed by atoms with Gasteiger partial charge >= 0.3 is 0 Å². The quantitative estimate of drug-likeness (QED) is 0.438. The van der Waals surface area contributed by atoms with Crippen LogP contribution < -0.4 is 5.84 Å². The Kier molecular flexibility index (Phi) is 2.28. The zero-order valence-electron chi connectivity index (χ0n) is 7.18. The Balaban J connectivity index is 2.70. The number of fused-ring (bicyclic) bond motifs is 1. The normalized spacial score (nSPS) is 11.2. The van der Waals surface area contributed by atoms with Crippen LogP contribution in [0.2, 0.25) is 5.15 Å². The first-order valence-electron chi connectivity index (χ1n) is 3.97. The lowest BCUT2D eigenvalue weighted by atomic mass is 10.3. The summed E-state index contributed by atoms with van der Waals surface area (Å²) >= 11 is 5.86. The second kappa shape index (κ2) is 3.59. The molecule has 0 aliphatic heterocycles. The van der Waals surface area contributed by atoms with Gasteiger partial charge in [-0.25, -0.2) is 9.97 Å². The molecule has 1 aromatic carbocycles. The van der Waals surface area contributed by atoms with Gasteiger partial charge in [0.15, 0.2) is 5.15 Å². The maximum absolute atomic E-state index is 5.86. The van der Waals surface area contributed by atoms with E-state index in [-0.39, 0.29) is 0 Å². The van der Waals surface area contributed by atoms with Gasteiger partial charge in [0.05, 0.1) is 17.2 Å². The summed E-state index contributed by atoms with van der Waals surface area (Å²) in [6, 6.07) is 7.46. The Labute approximate surface area is 85.4 Å². The van der Waals surface area contributed by atoms with Gasteiger partial charge in [-0.05, 0) is 12.1 Å². The van der Waals surface area contributed by atoms with Gasteiger partial charge in [0.1, 0.15) is 5.69 Å². The third-order valence-corrected chi connectivity index (χ3v) is 2.03. The van der Waals surface area contributed by atoms with Crippen LogP contribution in [0.5, 0.6) is 0 Å². The smallest absolute Gasteiger partial charge is 0.157 e. The zero-order valence-corrected chi connectivity index (χ0v) is 7.94. The number of para-hydroxylation sites is 2. The van der Waals surface area contributed by atoms with Gasteiger partial charge in [-0.2, -0.15) is 5.10 Å². The van der Waals surface area contributed by atoms with E-state index in [1.165, 1.54) is 6.21 Å². The molecular weight excluding hydrogens is 200 g/mol. The summed E-state index contributed by atoms with van der Waals surface area (Å²) in [5, 5.41) is 3.67. The number of hydrazone groups is 1. The summed E-state index contributed by atoms with van der Waals surface area (Å²) in [4.78, 5) is 8.39. The van der Waals surface area contributed by atoms with Crippen LogP contribution >= 0.6 is 11.6 Å². The molecular formula is C9H7ClN4. The Bertz CT molecular complexity index is 495. The van der Waals surface area contributed by atoms with Gasteiger partial charge in [0.25, 0.3) is 0 Å². The number of halogens is 1. The van der Waals surface area contributed by atoms with Crippen molar-refractivity contribution in [2.45, 2.75) is 0 Å². The molecule has 1 aromatic heterocycles. The van der Waals surface area contributed by atoms with Gasteiger partial charge in [-0.1, -0.05) is 23.7 Å². The summed E-state index contributed by atoms with van der Waals surface area (Å²) in [5.41, 5.74) is 2.01. The average Bonchev–Trinajstić information content (AvgIpc) is 2.19. The minimum Gasteiger partial charge on any atom is -0.323 e. The van der Waals surface area contributed by atoms with Crippen molar-refractivity contribution in [3.8, 4) is 0 Å². The fourth-order valence-electron chi connectivity index (χ4n) is 1.14. The molecule has 0 aliphatic rings. The number of nitrogens with two attached hydrogens (primary N) is 1. The second-order valence-corrected chi connectivity index (χ2v) is 3.02. The third kappa shape index (κ3) is 1.52. The lowest BCUT2D eigenvalue weighted by Gasteiger charge is -1.99. The van der Waals surface area contributed by atoms with Crippen LogP contribution in [0, 0.1) is 0 Å². The van der Waals surface area contributed by atoms with Crippen molar-refractivity contribution < 1.29 is 0 Å². The Morgan fingerprint density at radius 3 is 2.50 bits per heavy atom. The first-order valence-corrected chi connectivity index (χ1v) is 4.34. The van der Waals surface area contributed by atoms with Crippen LogP contribution in [0.25, 0.3) is 11.0 Å². The fourth-order valence-corrected chi connectivity index (χ4v) is 1.33. The molecule has 2 aromatic rings. The van der Waals surface area contributed by atoms with E-state index in [0.29, 0.717) is 10.8 Å². The van der Waals surface area contributed by atoms with E-state index >= 15 is 0 Å². The summed E-state index contributed by atoms with van der Waals surface area (Å²) < 4.78 is 0. The van der Waals surface area contributed by atoms with E-state index in [2.05, 4.69) is 15.1 Å². The minimum atomic E-state index is 0.304. The lowest BCUT2D eigenvalue weighted by molar-refractivity contribution is 1.23. The summed E-state index contributed by atoms with van der Waals surface area (Å²) in [6.45, 7) is 0. The minimum absolute atomic E-state index is 0.304. The van der Waals surface area contributed by atoms with E-state index < -0.39 is 0 Å². The van der Waals surface area contributed by atoms with Crippen molar-refractivity contribution in [2.75, 3.05) is 0 Å². The number of aromatic nitrogens is 2. The molecule has 0 radical (unpaired) electrons. The van der Waals surface area contributed by atoms with E-state index in [4.69, 9.17) is 17.4 Å². The highest BCUT2D eigenvalue weighted by molar-refractivity contribution is 6.31. The number of hydrogen-bond acceptors (Lipinski definition) is 4. The second-order valence-electron chi connectivity index (χ2n) is 2.67. The molecule has 4 nitrogen and oxygen atoms in total. The molecule has 0 fully saturated rings. The molecule has 1 heterocycles. The highest BCUT2D eigenvalue weighted by Crippen LogP contribution is 2.15. The zero-order chi connectivity index (χ0) is 9.97. The van der Waals surface area contributed by atoms with Crippen LogP contribution in [0.15, 0.2) is 29.4 Å². The lowest BCUT2D eigenvalue weighted by Crippen LogP contribution is -1.95. The van der Waals surface area contributed by atoms with Crippen LogP contribution in [0.1, 0.15) is 5.69 Å². The van der Waals surface area contributed by atoms with Crippen molar-refractivity contribution in [3.05, 3.63) is 35.1 Å². The molecule has 0 amide bonds. The van der Waals surface area contributed by atoms with Crippen LogP contribution in [0.4, 0.5) is 0 Å². The maximum atomic E-state index is 5.86. The summed E-state index contributed by atoms with van der Waals surface area (Å²) in [7, 11) is 0. The van der Waals surface area contributed by atoms with Crippen molar-refractivity contribution in [1.29, 1.82) is 0 Å². The first-order chi connectivity index (χ1) is 6.81. The summed E-state index contributed by atoms with van der Waals surface area (Å²) in [5.74, 6) is 5.02. The van der Waals surface area contributed by atoms with Crippen LogP contribution in [0.3, 0.4) is 0 Å². The molecule has 0 saturated heterocycles. The van der Waals surface area contributed by atoms with Crippen molar-refractivity contribution >= 4 is 28.8 Å². The number of hydrogen-bond donors (Lipinski definition) is 1. The highest BCUT2D eigenvalue weighted by atomic mass is 35.5. The average molecular weight is 207 g/mol. The van der Waals surface area contributed by atoms with Crippen LogP contribution in [-0.4, -0.2) is 16.2 Å². The van der Waals surface area contributed by atoms with Gasteiger partial charge in [-0.3, -0.25) is 0 Å². The molecule has 0 aliphatic carbocycles. The number of rotatable bonds is 1. The molecule has 70 valence electrons. The van der Waals surface area contributed by atoms with E-state index in [1.54, 1.807) is 0 Å². The fraction of sp³-hybridized carbons (Fsp3) is 0. The number of nitrogens with zero attached hydrogens (tertiary/aromatic N) is 3. The van der Waals surface area contributed by atoms with Gasteiger partial charge in [0, 0.05) is 0 Å². The predicted molar refractivity (Wildman–Crippen MR) is 56.3 cm³/mol. The SMILES string of the molecule is NN=Cc1nc2ccccc2nc1Cl. The first kappa shape index (κ1) is 8.90. The Morgan fingerprint density at radius 1 is 1.21 bits per heavy atom. The van der Waals surface area contributed by atoms with Crippen molar-refractivity contribution in [3.63, 3.8) is 0 Å². The standard InChI is InChI=1S/C9H7ClN4/c10-9-8(5-12-11)13-6-3-1-2-4-7(6)14-9/h1-5H,11H2.